The molecule has 42 heavy (non-hydrogen) atoms. The van der Waals surface area contributed by atoms with Crippen molar-refractivity contribution in [3.63, 3.8) is 0 Å². The van der Waals surface area contributed by atoms with E-state index in [2.05, 4.69) is 28.2 Å². The fourth-order valence-electron chi connectivity index (χ4n) is 5.58. The molecule has 5 rings (SSSR count). The number of benzene rings is 4. The van der Waals surface area contributed by atoms with Crippen molar-refractivity contribution in [3.05, 3.63) is 112 Å². The largest absolute Gasteiger partial charge is 0.354 e. The molecule has 4 aromatic carbocycles. The smallest absolute Gasteiger partial charge is 0.258 e. The molecule has 3 amide bonds. The van der Waals surface area contributed by atoms with Crippen molar-refractivity contribution in [2.45, 2.75) is 51.6 Å². The number of unbranched alkanes of at least 4 members (excludes halogenated alkanes) is 1. The number of rotatable bonds is 13. The van der Waals surface area contributed by atoms with Crippen LogP contribution in [0.5, 0.6) is 0 Å². The monoisotopic (exact) mass is 625 g/mol. The molecule has 1 N–H and O–H groups in total. The molecule has 1 aliphatic rings. The highest BCUT2D eigenvalue weighted by atomic mass is 79.9. The van der Waals surface area contributed by atoms with E-state index in [0.29, 0.717) is 38.0 Å². The topological polar surface area (TPSA) is 69.7 Å². The molecule has 0 saturated heterocycles. The van der Waals surface area contributed by atoms with E-state index in [-0.39, 0.29) is 24.1 Å². The maximum absolute atomic E-state index is 14.0. The number of nitrogens with zero attached hydrogens (tertiary/aromatic N) is 2. The Balaban J connectivity index is 1.36. The molecule has 0 bridgehead atoms. The van der Waals surface area contributed by atoms with Gasteiger partial charge in [0.15, 0.2) is 0 Å². The number of amides is 3. The van der Waals surface area contributed by atoms with Gasteiger partial charge in [-0.15, -0.1) is 0 Å². The minimum absolute atomic E-state index is 0.0294. The maximum atomic E-state index is 14.0. The molecule has 216 valence electrons. The third-order valence-electron chi connectivity index (χ3n) is 7.79. The third kappa shape index (κ3) is 6.73. The van der Waals surface area contributed by atoms with Gasteiger partial charge in [0, 0.05) is 47.9 Å². The van der Waals surface area contributed by atoms with Crippen molar-refractivity contribution in [2.75, 3.05) is 18.0 Å². The molecule has 6 nitrogen and oxygen atoms in total. The molecule has 1 aliphatic heterocycles. The van der Waals surface area contributed by atoms with Gasteiger partial charge in [-0.1, -0.05) is 96.0 Å². The van der Waals surface area contributed by atoms with Crippen LogP contribution in [0.15, 0.2) is 95.5 Å². The van der Waals surface area contributed by atoms with Crippen molar-refractivity contribution in [1.82, 2.24) is 10.2 Å². The lowest BCUT2D eigenvalue weighted by Gasteiger charge is -2.32. The maximum Gasteiger partial charge on any atom is 0.258 e. The molecule has 0 saturated carbocycles. The highest BCUT2D eigenvalue weighted by Gasteiger charge is 2.32. The molecule has 0 spiro atoms. The van der Waals surface area contributed by atoms with Gasteiger partial charge in [0.2, 0.25) is 11.8 Å². The van der Waals surface area contributed by atoms with Gasteiger partial charge in [-0.3, -0.25) is 14.4 Å². The van der Waals surface area contributed by atoms with E-state index >= 15 is 0 Å². The predicted octanol–water partition coefficient (Wildman–Crippen LogP) is 6.90. The van der Waals surface area contributed by atoms with Gasteiger partial charge in [-0.2, -0.15) is 0 Å². The highest BCUT2D eigenvalue weighted by molar-refractivity contribution is 9.10. The lowest BCUT2D eigenvalue weighted by atomic mass is 10.0. The summed E-state index contributed by atoms with van der Waals surface area (Å²) >= 11 is 3.49. The van der Waals surface area contributed by atoms with Gasteiger partial charge in [-0.05, 0) is 53.6 Å². The Kier molecular flexibility index (Phi) is 9.70. The molecule has 0 unspecified atom stereocenters. The van der Waals surface area contributed by atoms with Gasteiger partial charge < -0.3 is 15.1 Å². The molecule has 1 atom stereocenters. The van der Waals surface area contributed by atoms with Crippen LogP contribution in [0.25, 0.3) is 10.8 Å². The summed E-state index contributed by atoms with van der Waals surface area (Å²) in [5.41, 5.74) is 3.54. The molecule has 0 aromatic heterocycles. The number of carbonyl (C=O) groups excluding carboxylic acids is 3. The Morgan fingerprint density at radius 1 is 0.881 bits per heavy atom. The van der Waals surface area contributed by atoms with E-state index in [4.69, 9.17) is 0 Å². The quantitative estimate of drug-likeness (QED) is 0.164. The number of anilines is 1. The van der Waals surface area contributed by atoms with Crippen LogP contribution in [0.2, 0.25) is 0 Å². The van der Waals surface area contributed by atoms with E-state index in [0.717, 1.165) is 44.9 Å². The normalized spacial score (nSPS) is 12.9. The fourth-order valence-corrected chi connectivity index (χ4v) is 5.84. The van der Waals surface area contributed by atoms with Crippen molar-refractivity contribution in [1.29, 1.82) is 0 Å². The first-order chi connectivity index (χ1) is 20.5. The van der Waals surface area contributed by atoms with Gasteiger partial charge in [-0.25, -0.2) is 0 Å². The first kappa shape index (κ1) is 29.5. The number of halogens is 1. The second kappa shape index (κ2) is 13.8. The molecular weight excluding hydrogens is 590 g/mol. The van der Waals surface area contributed by atoms with Gasteiger partial charge in [0.05, 0.1) is 5.69 Å². The van der Waals surface area contributed by atoms with Crippen LogP contribution in [0.3, 0.4) is 0 Å². The van der Waals surface area contributed by atoms with E-state index in [1.54, 1.807) is 9.80 Å². The van der Waals surface area contributed by atoms with Gasteiger partial charge in [0.1, 0.15) is 6.04 Å². The van der Waals surface area contributed by atoms with Crippen LogP contribution in [-0.4, -0.2) is 41.8 Å². The molecule has 0 fully saturated rings. The van der Waals surface area contributed by atoms with E-state index < -0.39 is 6.04 Å². The summed E-state index contributed by atoms with van der Waals surface area (Å²) in [6, 6.07) is 28.7. The lowest BCUT2D eigenvalue weighted by molar-refractivity contribution is -0.141. The lowest BCUT2D eigenvalue weighted by Crippen LogP contribution is -2.50. The molecule has 4 aromatic rings. The average molecular weight is 627 g/mol. The zero-order valence-electron chi connectivity index (χ0n) is 23.9. The Morgan fingerprint density at radius 2 is 1.62 bits per heavy atom. The molecule has 7 heteroatoms. The first-order valence-electron chi connectivity index (χ1n) is 14.7. The summed E-state index contributed by atoms with van der Waals surface area (Å²) in [6.45, 7) is 3.40. The number of hydrogen-bond donors (Lipinski definition) is 1. The van der Waals surface area contributed by atoms with Crippen LogP contribution in [0.1, 0.15) is 54.1 Å². The van der Waals surface area contributed by atoms with Crippen molar-refractivity contribution >= 4 is 50.1 Å². The zero-order chi connectivity index (χ0) is 29.5. The standard InChI is InChI=1S/C35H36BrN3O3/c1-2-3-21-37-34(41)31(23-25-10-5-4-6-11-25)39(24-26-17-19-28(36)20-18-26)32(40)16-9-22-38-30-15-8-13-27-12-7-14-29(33(27)30)35(38)42/h4-8,10-15,17-20,31H,2-3,9,16,21-24H2,1H3,(H,37,41)/t31-/m1/s1. The molecule has 0 aliphatic carbocycles. The Hall–Kier alpha value is -3.97. The number of hydrogen-bond acceptors (Lipinski definition) is 3. The second-order valence-corrected chi connectivity index (χ2v) is 11.7. The Labute approximate surface area is 255 Å². The highest BCUT2D eigenvalue weighted by Crippen LogP contribution is 2.37. The summed E-state index contributed by atoms with van der Waals surface area (Å²) < 4.78 is 0.952. The van der Waals surface area contributed by atoms with Crippen molar-refractivity contribution < 1.29 is 14.4 Å². The minimum atomic E-state index is -0.660. The predicted molar refractivity (Wildman–Crippen MR) is 171 cm³/mol. The van der Waals surface area contributed by atoms with Crippen molar-refractivity contribution in [3.8, 4) is 0 Å². The Bertz CT molecular complexity index is 1550. The van der Waals surface area contributed by atoms with Crippen LogP contribution in [0, 0.1) is 0 Å². The van der Waals surface area contributed by atoms with Gasteiger partial charge in [0.25, 0.3) is 5.91 Å². The third-order valence-corrected chi connectivity index (χ3v) is 8.32. The first-order valence-corrected chi connectivity index (χ1v) is 15.4. The number of carbonyl (C=O) groups is 3. The summed E-state index contributed by atoms with van der Waals surface area (Å²) in [5.74, 6) is -0.278. The molecule has 1 heterocycles. The van der Waals surface area contributed by atoms with Gasteiger partial charge >= 0.3 is 0 Å². The van der Waals surface area contributed by atoms with E-state index in [1.165, 1.54) is 0 Å². The SMILES string of the molecule is CCCCNC(=O)[C@@H](Cc1ccccc1)N(Cc1ccc(Br)cc1)C(=O)CCCN1C(=O)c2cccc3cccc1c23. The van der Waals surface area contributed by atoms with Crippen molar-refractivity contribution in [2.24, 2.45) is 0 Å². The Morgan fingerprint density at radius 3 is 2.36 bits per heavy atom. The minimum Gasteiger partial charge on any atom is -0.354 e. The second-order valence-electron chi connectivity index (χ2n) is 10.7. The van der Waals surface area contributed by atoms with E-state index in [1.807, 2.05) is 91.0 Å². The molecule has 0 radical (unpaired) electrons. The van der Waals surface area contributed by atoms with E-state index in [9.17, 15) is 14.4 Å². The summed E-state index contributed by atoms with van der Waals surface area (Å²) in [5, 5.41) is 5.08. The average Bonchev–Trinajstić information content (AvgIpc) is 3.28. The number of nitrogens with one attached hydrogen (secondary N) is 1. The van der Waals surface area contributed by atoms with Crippen LogP contribution < -0.4 is 10.2 Å². The van der Waals surface area contributed by atoms with Crippen LogP contribution >= 0.6 is 15.9 Å². The molecular formula is C35H36BrN3O3. The summed E-state index contributed by atoms with van der Waals surface area (Å²) in [4.78, 5) is 44.3. The van der Waals surface area contributed by atoms with Crippen LogP contribution in [-0.2, 0) is 22.6 Å². The zero-order valence-corrected chi connectivity index (χ0v) is 25.5. The summed E-state index contributed by atoms with van der Waals surface area (Å²) in [7, 11) is 0. The van der Waals surface area contributed by atoms with Crippen LogP contribution in [0.4, 0.5) is 5.69 Å². The summed E-state index contributed by atoms with van der Waals surface area (Å²) in [6.07, 6.45) is 2.98. The fraction of sp³-hybridized carbons (Fsp3) is 0.286.